The molecular weight excluding hydrogens is 278 g/mol. The number of nitrogens with one attached hydrogen (secondary N) is 1. The van der Waals surface area contributed by atoms with Crippen LogP contribution in [0.2, 0.25) is 0 Å². The van der Waals surface area contributed by atoms with Gasteiger partial charge in [0, 0.05) is 22.9 Å². The summed E-state index contributed by atoms with van der Waals surface area (Å²) in [6.07, 6.45) is 8.06. The van der Waals surface area contributed by atoms with Crippen molar-refractivity contribution in [1.82, 2.24) is 14.9 Å². The highest BCUT2D eigenvalue weighted by Gasteiger charge is 2.16. The van der Waals surface area contributed by atoms with Crippen LogP contribution in [0.4, 0.5) is 0 Å². The van der Waals surface area contributed by atoms with E-state index in [2.05, 4.69) is 44.4 Å². The highest BCUT2D eigenvalue weighted by molar-refractivity contribution is 9.10. The standard InChI is InChI=1S/C13H14BrN3/c14-11-8-10(12-2-1-5-16-12)3-4-13(11)17-7-6-15-9-17/h3-4,6-9,12,16H,1-2,5H2. The molecule has 17 heavy (non-hydrogen) atoms. The van der Waals surface area contributed by atoms with Crippen LogP contribution in [-0.2, 0) is 0 Å². The third-order valence-corrected chi connectivity index (χ3v) is 3.85. The van der Waals surface area contributed by atoms with Crippen molar-refractivity contribution in [2.75, 3.05) is 6.54 Å². The van der Waals surface area contributed by atoms with Crippen molar-refractivity contribution in [3.63, 3.8) is 0 Å². The summed E-state index contributed by atoms with van der Waals surface area (Å²) >= 11 is 3.64. The molecule has 1 atom stereocenters. The van der Waals surface area contributed by atoms with Crippen LogP contribution in [0.3, 0.4) is 0 Å². The van der Waals surface area contributed by atoms with Gasteiger partial charge in [-0.1, -0.05) is 6.07 Å². The van der Waals surface area contributed by atoms with Crippen LogP contribution in [0.15, 0.2) is 41.4 Å². The summed E-state index contributed by atoms with van der Waals surface area (Å²) in [7, 11) is 0. The first-order valence-corrected chi connectivity index (χ1v) is 6.65. The van der Waals surface area contributed by atoms with Crippen LogP contribution in [-0.4, -0.2) is 16.1 Å². The van der Waals surface area contributed by atoms with Gasteiger partial charge in [0.1, 0.15) is 0 Å². The second-order valence-electron chi connectivity index (χ2n) is 4.33. The van der Waals surface area contributed by atoms with Crippen LogP contribution in [0.1, 0.15) is 24.4 Å². The largest absolute Gasteiger partial charge is 0.310 e. The van der Waals surface area contributed by atoms with E-state index in [1.807, 2.05) is 17.1 Å². The van der Waals surface area contributed by atoms with Crippen molar-refractivity contribution in [2.45, 2.75) is 18.9 Å². The molecule has 0 amide bonds. The molecule has 1 aromatic carbocycles. The summed E-state index contributed by atoms with van der Waals surface area (Å²) < 4.78 is 3.12. The van der Waals surface area contributed by atoms with E-state index in [0.717, 1.165) is 16.7 Å². The minimum absolute atomic E-state index is 0.517. The highest BCUT2D eigenvalue weighted by Crippen LogP contribution is 2.28. The van der Waals surface area contributed by atoms with E-state index in [1.165, 1.54) is 18.4 Å². The van der Waals surface area contributed by atoms with Gasteiger partial charge in [-0.3, -0.25) is 0 Å². The number of hydrogen-bond donors (Lipinski definition) is 1. The van der Waals surface area contributed by atoms with Gasteiger partial charge in [0.15, 0.2) is 0 Å². The zero-order chi connectivity index (χ0) is 11.7. The third-order valence-electron chi connectivity index (χ3n) is 3.22. The molecule has 0 aliphatic carbocycles. The van der Waals surface area contributed by atoms with E-state index in [1.54, 1.807) is 6.20 Å². The first-order valence-electron chi connectivity index (χ1n) is 5.86. The second kappa shape index (κ2) is 4.63. The molecule has 3 rings (SSSR count). The molecule has 0 saturated carbocycles. The van der Waals surface area contributed by atoms with Gasteiger partial charge < -0.3 is 9.88 Å². The molecule has 0 bridgehead atoms. The van der Waals surface area contributed by atoms with Gasteiger partial charge in [-0.05, 0) is 53.0 Å². The first kappa shape index (κ1) is 11.0. The minimum Gasteiger partial charge on any atom is -0.310 e. The number of imidazole rings is 1. The van der Waals surface area contributed by atoms with Gasteiger partial charge >= 0.3 is 0 Å². The zero-order valence-electron chi connectivity index (χ0n) is 9.44. The second-order valence-corrected chi connectivity index (χ2v) is 5.18. The van der Waals surface area contributed by atoms with Gasteiger partial charge in [-0.2, -0.15) is 0 Å². The summed E-state index contributed by atoms with van der Waals surface area (Å²) in [5.74, 6) is 0. The molecule has 1 aliphatic rings. The smallest absolute Gasteiger partial charge is 0.0992 e. The van der Waals surface area contributed by atoms with E-state index in [-0.39, 0.29) is 0 Å². The van der Waals surface area contributed by atoms with E-state index in [0.29, 0.717) is 6.04 Å². The Morgan fingerprint density at radius 1 is 1.41 bits per heavy atom. The molecular formula is C13H14BrN3. The average molecular weight is 292 g/mol. The molecule has 2 heterocycles. The molecule has 88 valence electrons. The number of benzene rings is 1. The van der Waals surface area contributed by atoms with Crippen molar-refractivity contribution in [1.29, 1.82) is 0 Å². The Hall–Kier alpha value is -1.13. The Bertz CT molecular complexity index is 501. The summed E-state index contributed by atoms with van der Waals surface area (Å²) in [4.78, 5) is 4.07. The third kappa shape index (κ3) is 2.15. The van der Waals surface area contributed by atoms with Gasteiger partial charge in [0.05, 0.1) is 12.0 Å². The van der Waals surface area contributed by atoms with Gasteiger partial charge in [0.25, 0.3) is 0 Å². The fourth-order valence-electron chi connectivity index (χ4n) is 2.32. The van der Waals surface area contributed by atoms with E-state index >= 15 is 0 Å². The number of rotatable bonds is 2. The molecule has 1 N–H and O–H groups in total. The van der Waals surface area contributed by atoms with Gasteiger partial charge in [-0.15, -0.1) is 0 Å². The molecule has 0 spiro atoms. The van der Waals surface area contributed by atoms with Crippen molar-refractivity contribution >= 4 is 15.9 Å². The maximum absolute atomic E-state index is 4.07. The lowest BCUT2D eigenvalue weighted by atomic mass is 10.1. The molecule has 2 aromatic rings. The molecule has 0 radical (unpaired) electrons. The monoisotopic (exact) mass is 291 g/mol. The Morgan fingerprint density at radius 3 is 3.00 bits per heavy atom. The fraction of sp³-hybridized carbons (Fsp3) is 0.308. The maximum Gasteiger partial charge on any atom is 0.0992 e. The molecule has 3 nitrogen and oxygen atoms in total. The normalized spacial score (nSPS) is 19.7. The van der Waals surface area contributed by atoms with Crippen LogP contribution in [0, 0.1) is 0 Å². The SMILES string of the molecule is Brc1cc(C2CCCN2)ccc1-n1ccnc1. The maximum atomic E-state index is 4.07. The fourth-order valence-corrected chi connectivity index (χ4v) is 2.92. The Labute approximate surface area is 109 Å². The molecule has 1 aromatic heterocycles. The van der Waals surface area contributed by atoms with Crippen molar-refractivity contribution < 1.29 is 0 Å². The number of hydrogen-bond acceptors (Lipinski definition) is 2. The average Bonchev–Trinajstić information content (AvgIpc) is 3.02. The predicted octanol–water partition coefficient (Wildman–Crippen LogP) is 3.06. The Balaban J connectivity index is 1.94. The minimum atomic E-state index is 0.517. The lowest BCUT2D eigenvalue weighted by Gasteiger charge is -2.13. The summed E-state index contributed by atoms with van der Waals surface area (Å²) in [6.45, 7) is 1.13. The van der Waals surface area contributed by atoms with E-state index in [9.17, 15) is 0 Å². The van der Waals surface area contributed by atoms with E-state index in [4.69, 9.17) is 0 Å². The topological polar surface area (TPSA) is 29.9 Å². The van der Waals surface area contributed by atoms with Crippen molar-refractivity contribution in [3.8, 4) is 5.69 Å². The molecule has 4 heteroatoms. The summed E-state index contributed by atoms with van der Waals surface area (Å²) in [6, 6.07) is 7.06. The van der Waals surface area contributed by atoms with Crippen molar-refractivity contribution in [3.05, 3.63) is 47.0 Å². The zero-order valence-corrected chi connectivity index (χ0v) is 11.0. The quantitative estimate of drug-likeness (QED) is 0.922. The highest BCUT2D eigenvalue weighted by atomic mass is 79.9. The van der Waals surface area contributed by atoms with E-state index < -0.39 is 0 Å². The van der Waals surface area contributed by atoms with Gasteiger partial charge in [-0.25, -0.2) is 4.98 Å². The molecule has 1 fully saturated rings. The molecule has 1 saturated heterocycles. The van der Waals surface area contributed by atoms with Gasteiger partial charge in [0.2, 0.25) is 0 Å². The van der Waals surface area contributed by atoms with Crippen LogP contribution >= 0.6 is 15.9 Å². The number of aromatic nitrogens is 2. The lowest BCUT2D eigenvalue weighted by molar-refractivity contribution is 0.647. The predicted molar refractivity (Wildman–Crippen MR) is 71.2 cm³/mol. The molecule has 1 unspecified atom stereocenters. The number of halogens is 1. The summed E-state index contributed by atoms with van der Waals surface area (Å²) in [5, 5.41) is 3.51. The lowest BCUT2D eigenvalue weighted by Crippen LogP contribution is -2.12. The first-order chi connectivity index (χ1) is 8.34. The molecule has 1 aliphatic heterocycles. The van der Waals surface area contributed by atoms with Crippen LogP contribution in [0.5, 0.6) is 0 Å². The van der Waals surface area contributed by atoms with Crippen LogP contribution < -0.4 is 5.32 Å². The number of nitrogens with zero attached hydrogens (tertiary/aromatic N) is 2. The Kier molecular flexibility index (Phi) is 2.99. The van der Waals surface area contributed by atoms with Crippen LogP contribution in [0.25, 0.3) is 5.69 Å². The summed E-state index contributed by atoms with van der Waals surface area (Å²) in [5.41, 5.74) is 2.49. The van der Waals surface area contributed by atoms with Crippen molar-refractivity contribution in [2.24, 2.45) is 0 Å². The Morgan fingerprint density at radius 2 is 2.35 bits per heavy atom.